The molecule has 1 aliphatic rings. The molecule has 0 bridgehead atoms. The molecule has 1 aliphatic carbocycles. The lowest BCUT2D eigenvalue weighted by Crippen LogP contribution is -2.37. The Balaban J connectivity index is 1.98. The van der Waals surface area contributed by atoms with E-state index in [9.17, 15) is 18.3 Å². The van der Waals surface area contributed by atoms with Crippen molar-refractivity contribution < 1.29 is 18.3 Å². The monoisotopic (exact) mass is 355 g/mol. The van der Waals surface area contributed by atoms with Gasteiger partial charge in [0.2, 0.25) is 0 Å². The van der Waals surface area contributed by atoms with Gasteiger partial charge < -0.3 is 10.1 Å². The Kier molecular flexibility index (Phi) is 4.81. The lowest BCUT2D eigenvalue weighted by molar-refractivity contribution is -0.136. The number of imidazole rings is 1. The summed E-state index contributed by atoms with van der Waals surface area (Å²) >= 11 is 0. The third-order valence-electron chi connectivity index (χ3n) is 4.96. The fourth-order valence-electron chi connectivity index (χ4n) is 3.62. The predicted octanol–water partition coefficient (Wildman–Crippen LogP) is 4.05. The molecule has 1 saturated carbocycles. The number of aliphatic hydroxyl groups excluding tert-OH is 1. The molecule has 3 rings (SSSR count). The van der Waals surface area contributed by atoms with Gasteiger partial charge in [0.25, 0.3) is 0 Å². The fraction of sp³-hybridized carbons (Fsp3) is 0.611. The summed E-state index contributed by atoms with van der Waals surface area (Å²) in [7, 11) is 1.85. The molecule has 0 aliphatic heterocycles. The largest absolute Gasteiger partial charge is 0.418 e. The van der Waals surface area contributed by atoms with Crippen LogP contribution in [0.2, 0.25) is 0 Å². The van der Waals surface area contributed by atoms with Crippen LogP contribution >= 0.6 is 0 Å². The summed E-state index contributed by atoms with van der Waals surface area (Å²) in [6.07, 6.45) is -2.30. The quantitative estimate of drug-likeness (QED) is 0.870. The minimum absolute atomic E-state index is 0.00183. The summed E-state index contributed by atoms with van der Waals surface area (Å²) in [5.74, 6) is 0.575. The zero-order valence-electron chi connectivity index (χ0n) is 14.7. The molecule has 2 atom stereocenters. The van der Waals surface area contributed by atoms with Crippen LogP contribution < -0.4 is 0 Å². The number of aromatic nitrogens is 2. The summed E-state index contributed by atoms with van der Waals surface area (Å²) in [5, 5.41) is 10.0. The molecule has 2 N–H and O–H groups in total. The van der Waals surface area contributed by atoms with E-state index in [0.717, 1.165) is 19.3 Å². The van der Waals surface area contributed by atoms with E-state index in [4.69, 9.17) is 0 Å². The van der Waals surface area contributed by atoms with Crippen molar-refractivity contribution >= 4 is 11.0 Å². The van der Waals surface area contributed by atoms with Crippen molar-refractivity contribution in [2.75, 3.05) is 7.05 Å². The van der Waals surface area contributed by atoms with Crippen LogP contribution in [0.3, 0.4) is 0 Å². The molecule has 0 spiro atoms. The Morgan fingerprint density at radius 1 is 1.32 bits per heavy atom. The number of benzene rings is 1. The molecule has 0 radical (unpaired) electrons. The zero-order chi connectivity index (χ0) is 18.4. The normalized spacial score (nSPS) is 21.8. The van der Waals surface area contributed by atoms with E-state index in [1.54, 1.807) is 6.07 Å². The highest BCUT2D eigenvalue weighted by Crippen LogP contribution is 2.36. The molecule has 4 nitrogen and oxygen atoms in total. The minimum Gasteiger partial charge on any atom is -0.391 e. The summed E-state index contributed by atoms with van der Waals surface area (Å²) in [4.78, 5) is 9.12. The van der Waals surface area contributed by atoms with Crippen LogP contribution in [0.15, 0.2) is 12.1 Å². The first kappa shape index (κ1) is 18.2. The Hall–Kier alpha value is -1.60. The Bertz CT molecular complexity index is 754. The number of alkyl halides is 3. The van der Waals surface area contributed by atoms with Crippen molar-refractivity contribution in [2.45, 2.75) is 63.9 Å². The maximum atomic E-state index is 13.5. The van der Waals surface area contributed by atoms with E-state index in [1.807, 2.05) is 25.8 Å². The highest BCUT2D eigenvalue weighted by atomic mass is 19.4. The van der Waals surface area contributed by atoms with Crippen molar-refractivity contribution in [3.05, 3.63) is 29.1 Å². The van der Waals surface area contributed by atoms with Gasteiger partial charge in [-0.2, -0.15) is 13.2 Å². The highest BCUT2D eigenvalue weighted by Gasteiger charge is 2.35. The van der Waals surface area contributed by atoms with Gasteiger partial charge in [-0.25, -0.2) is 4.98 Å². The molecule has 1 heterocycles. The van der Waals surface area contributed by atoms with Crippen molar-refractivity contribution in [2.24, 2.45) is 0 Å². The molecule has 1 aromatic carbocycles. The van der Waals surface area contributed by atoms with Crippen molar-refractivity contribution in [1.82, 2.24) is 14.9 Å². The van der Waals surface area contributed by atoms with Gasteiger partial charge in [0.05, 0.1) is 17.2 Å². The fourth-order valence-corrected chi connectivity index (χ4v) is 3.62. The van der Waals surface area contributed by atoms with Gasteiger partial charge in [-0.05, 0) is 44.0 Å². The standard InChI is InChI=1S/C18H24F3N3O/c1-10(2)17-22-13-8-11(7-12(16(13)23-17)18(19,20)21)9-24(3)14-5-4-6-15(14)25/h7-8,10,14-15,25H,4-6,9H2,1-3H3,(H,22,23)/t14-,15-/m1/s1. The lowest BCUT2D eigenvalue weighted by Gasteiger charge is -2.27. The number of aliphatic hydroxyl groups is 1. The van der Waals surface area contributed by atoms with Crippen LogP contribution in [0, 0.1) is 0 Å². The van der Waals surface area contributed by atoms with Crippen LogP contribution in [0.5, 0.6) is 0 Å². The van der Waals surface area contributed by atoms with E-state index >= 15 is 0 Å². The van der Waals surface area contributed by atoms with E-state index in [0.29, 0.717) is 23.4 Å². The Morgan fingerprint density at radius 3 is 2.60 bits per heavy atom. The molecule has 0 saturated heterocycles. The van der Waals surface area contributed by atoms with E-state index in [1.165, 1.54) is 6.07 Å². The second kappa shape index (κ2) is 6.61. The molecular formula is C18H24F3N3O. The second-order valence-corrected chi connectivity index (χ2v) is 7.29. The highest BCUT2D eigenvalue weighted by molar-refractivity contribution is 5.80. The van der Waals surface area contributed by atoms with Crippen LogP contribution in [0.4, 0.5) is 13.2 Å². The lowest BCUT2D eigenvalue weighted by atomic mass is 10.1. The Labute approximate surface area is 145 Å². The van der Waals surface area contributed by atoms with Crippen molar-refractivity contribution in [3.8, 4) is 0 Å². The molecule has 25 heavy (non-hydrogen) atoms. The Morgan fingerprint density at radius 2 is 2.04 bits per heavy atom. The summed E-state index contributed by atoms with van der Waals surface area (Å²) < 4.78 is 40.5. The first-order chi connectivity index (χ1) is 11.7. The third-order valence-corrected chi connectivity index (χ3v) is 4.96. The topological polar surface area (TPSA) is 52.1 Å². The number of nitrogens with zero attached hydrogens (tertiary/aromatic N) is 2. The van der Waals surface area contributed by atoms with Gasteiger partial charge in [-0.1, -0.05) is 13.8 Å². The van der Waals surface area contributed by atoms with Crippen LogP contribution in [-0.2, 0) is 12.7 Å². The van der Waals surface area contributed by atoms with Crippen LogP contribution in [-0.4, -0.2) is 39.2 Å². The number of fused-ring (bicyclic) bond motifs is 1. The minimum atomic E-state index is -4.46. The number of nitrogens with one attached hydrogen (secondary N) is 1. The van der Waals surface area contributed by atoms with Crippen molar-refractivity contribution in [1.29, 1.82) is 0 Å². The maximum absolute atomic E-state index is 13.5. The van der Waals surface area contributed by atoms with E-state index in [-0.39, 0.29) is 17.5 Å². The maximum Gasteiger partial charge on any atom is 0.418 e. The SMILES string of the molecule is CC(C)c1nc2c(C(F)(F)F)cc(CN(C)[C@@H]3CCC[C@H]3O)cc2[nH]1. The van der Waals surface area contributed by atoms with Crippen LogP contribution in [0.1, 0.15) is 56.0 Å². The summed E-state index contributed by atoms with van der Waals surface area (Å²) in [6.45, 7) is 4.14. The molecule has 1 aromatic heterocycles. The third kappa shape index (κ3) is 3.67. The summed E-state index contributed by atoms with van der Waals surface area (Å²) in [6, 6.07) is 2.92. The number of rotatable bonds is 4. The zero-order valence-corrected chi connectivity index (χ0v) is 14.7. The van der Waals surface area contributed by atoms with Gasteiger partial charge in [0, 0.05) is 18.5 Å². The van der Waals surface area contributed by atoms with E-state index < -0.39 is 17.8 Å². The number of H-pyrrole nitrogens is 1. The molecule has 2 aromatic rings. The molecule has 138 valence electrons. The molecule has 7 heteroatoms. The number of hydrogen-bond acceptors (Lipinski definition) is 3. The van der Waals surface area contributed by atoms with Gasteiger partial charge in [0.15, 0.2) is 0 Å². The number of aromatic amines is 1. The average Bonchev–Trinajstić information content (AvgIpc) is 3.11. The predicted molar refractivity (Wildman–Crippen MR) is 90.3 cm³/mol. The number of likely N-dealkylation sites (N-methyl/N-ethyl adjacent to an activating group) is 1. The summed E-state index contributed by atoms with van der Waals surface area (Å²) in [5.41, 5.74) is 0.251. The van der Waals surface area contributed by atoms with Gasteiger partial charge >= 0.3 is 6.18 Å². The van der Waals surface area contributed by atoms with Crippen LogP contribution in [0.25, 0.3) is 11.0 Å². The number of halogens is 3. The van der Waals surface area contributed by atoms with Gasteiger partial charge in [0.1, 0.15) is 11.3 Å². The molecular weight excluding hydrogens is 331 g/mol. The average molecular weight is 355 g/mol. The van der Waals surface area contributed by atoms with Gasteiger partial charge in [-0.3, -0.25) is 4.90 Å². The second-order valence-electron chi connectivity index (χ2n) is 7.29. The number of hydrogen-bond donors (Lipinski definition) is 2. The molecule has 0 amide bonds. The smallest absolute Gasteiger partial charge is 0.391 e. The van der Waals surface area contributed by atoms with E-state index in [2.05, 4.69) is 9.97 Å². The molecule has 0 unspecified atom stereocenters. The first-order valence-corrected chi connectivity index (χ1v) is 8.65. The van der Waals surface area contributed by atoms with Crippen molar-refractivity contribution in [3.63, 3.8) is 0 Å². The van der Waals surface area contributed by atoms with Gasteiger partial charge in [-0.15, -0.1) is 0 Å². The first-order valence-electron chi connectivity index (χ1n) is 8.65. The molecule has 1 fully saturated rings.